The molecule has 0 fully saturated rings. The van der Waals surface area contributed by atoms with E-state index in [0.717, 1.165) is 0 Å². The average molecular weight is 258 g/mol. The summed E-state index contributed by atoms with van der Waals surface area (Å²) in [7, 11) is 0. The minimum absolute atomic E-state index is 0.425. The molecule has 0 spiro atoms. The van der Waals surface area contributed by atoms with E-state index < -0.39 is 18.0 Å². The smallest absolute Gasteiger partial charge is 0.326 e. The molecule has 0 radical (unpaired) electrons. The summed E-state index contributed by atoms with van der Waals surface area (Å²) in [5.41, 5.74) is 0. The van der Waals surface area contributed by atoms with Gasteiger partial charge in [-0.1, -0.05) is 19.3 Å². The average Bonchev–Trinajstić information content (AvgIpc) is 2.28. The molecule has 0 heterocycles. The summed E-state index contributed by atoms with van der Waals surface area (Å²) in [5.74, 6) is 2.79. The minimum Gasteiger partial charge on any atom is -0.480 e. The van der Waals surface area contributed by atoms with Gasteiger partial charge in [-0.3, -0.25) is 0 Å². The van der Waals surface area contributed by atoms with Crippen LogP contribution in [0.3, 0.4) is 0 Å². The summed E-state index contributed by atoms with van der Waals surface area (Å²) in [6.07, 6.45) is 6.20. The molecule has 5 nitrogen and oxygen atoms in total. The van der Waals surface area contributed by atoms with E-state index in [1.807, 2.05) is 6.92 Å². The number of hydrogen-bond donors (Lipinski definition) is 3. The first-order chi connectivity index (χ1) is 8.11. The van der Waals surface area contributed by atoms with Crippen molar-refractivity contribution in [3.63, 3.8) is 0 Å². The second-order valence-corrected chi connectivity index (χ2v) is 4.44. The standard InChI is InChI=1S/C11H18N2O3S/c1-3-5-9(10(14)15)13-11(16)12-6-8-17-7-4-2/h2,9H,3,5-8H2,1H3,(H,14,15)(H2,12,13,16)/t9-/m1/s1. The van der Waals surface area contributed by atoms with E-state index in [1.54, 1.807) is 0 Å². The molecule has 0 aliphatic rings. The quantitative estimate of drug-likeness (QED) is 0.446. The van der Waals surface area contributed by atoms with Crippen molar-refractivity contribution in [1.29, 1.82) is 0 Å². The minimum atomic E-state index is -1.01. The number of carboxylic acid groups (broad SMARTS) is 1. The predicted molar refractivity (Wildman–Crippen MR) is 69.0 cm³/mol. The Morgan fingerprint density at radius 2 is 2.24 bits per heavy atom. The van der Waals surface area contributed by atoms with Gasteiger partial charge in [-0.2, -0.15) is 0 Å². The Labute approximate surface area is 106 Å². The lowest BCUT2D eigenvalue weighted by Gasteiger charge is -2.14. The maximum Gasteiger partial charge on any atom is 0.326 e. The number of terminal acetylenes is 1. The molecule has 0 bridgehead atoms. The van der Waals surface area contributed by atoms with Gasteiger partial charge in [-0.25, -0.2) is 9.59 Å². The normalized spacial score (nSPS) is 11.3. The number of rotatable bonds is 8. The Morgan fingerprint density at radius 1 is 1.53 bits per heavy atom. The number of hydrogen-bond acceptors (Lipinski definition) is 3. The third kappa shape index (κ3) is 8.46. The molecule has 0 aliphatic carbocycles. The molecule has 2 amide bonds. The number of urea groups is 1. The number of thioether (sulfide) groups is 1. The highest BCUT2D eigenvalue weighted by Gasteiger charge is 2.17. The molecule has 17 heavy (non-hydrogen) atoms. The van der Waals surface area contributed by atoms with Crippen LogP contribution in [-0.4, -0.2) is 41.2 Å². The van der Waals surface area contributed by atoms with Gasteiger partial charge in [0.1, 0.15) is 6.04 Å². The van der Waals surface area contributed by atoms with E-state index in [9.17, 15) is 9.59 Å². The van der Waals surface area contributed by atoms with E-state index in [1.165, 1.54) is 11.8 Å². The molecule has 1 atom stereocenters. The Hall–Kier alpha value is -1.35. The van der Waals surface area contributed by atoms with Crippen LogP contribution in [0.1, 0.15) is 19.8 Å². The molecular formula is C11H18N2O3S. The molecule has 0 saturated carbocycles. The van der Waals surface area contributed by atoms with Crippen LogP contribution in [-0.2, 0) is 4.79 Å². The molecule has 0 aromatic carbocycles. The number of carboxylic acids is 1. The molecular weight excluding hydrogens is 240 g/mol. The number of amides is 2. The van der Waals surface area contributed by atoms with Crippen LogP contribution in [0, 0.1) is 12.3 Å². The molecule has 0 aliphatic heterocycles. The fourth-order valence-electron chi connectivity index (χ4n) is 1.12. The van der Waals surface area contributed by atoms with E-state index in [0.29, 0.717) is 30.9 Å². The van der Waals surface area contributed by atoms with Gasteiger partial charge in [-0.15, -0.1) is 18.2 Å². The van der Waals surface area contributed by atoms with E-state index in [-0.39, 0.29) is 0 Å². The van der Waals surface area contributed by atoms with Gasteiger partial charge in [0.05, 0.1) is 5.75 Å². The zero-order chi connectivity index (χ0) is 13.1. The van der Waals surface area contributed by atoms with Crippen LogP contribution < -0.4 is 10.6 Å². The molecule has 0 unspecified atom stereocenters. The Kier molecular flexibility index (Phi) is 9.06. The van der Waals surface area contributed by atoms with E-state index >= 15 is 0 Å². The van der Waals surface area contributed by atoms with Crippen LogP contribution in [0.2, 0.25) is 0 Å². The second kappa shape index (κ2) is 9.85. The summed E-state index contributed by atoms with van der Waals surface area (Å²) >= 11 is 1.54. The van der Waals surface area contributed by atoms with Gasteiger partial charge < -0.3 is 15.7 Å². The number of carbonyl (C=O) groups excluding carboxylic acids is 1. The molecule has 0 saturated heterocycles. The van der Waals surface area contributed by atoms with Crippen LogP contribution >= 0.6 is 11.8 Å². The van der Waals surface area contributed by atoms with Crippen molar-refractivity contribution in [2.24, 2.45) is 0 Å². The highest BCUT2D eigenvalue weighted by Crippen LogP contribution is 1.97. The highest BCUT2D eigenvalue weighted by atomic mass is 32.2. The molecule has 0 rings (SSSR count). The van der Waals surface area contributed by atoms with Crippen molar-refractivity contribution >= 4 is 23.8 Å². The third-order valence-electron chi connectivity index (χ3n) is 1.90. The van der Waals surface area contributed by atoms with Crippen molar-refractivity contribution in [2.75, 3.05) is 18.1 Å². The maximum absolute atomic E-state index is 11.3. The number of nitrogens with one attached hydrogen (secondary N) is 2. The Morgan fingerprint density at radius 3 is 2.76 bits per heavy atom. The van der Waals surface area contributed by atoms with Gasteiger partial charge in [-0.05, 0) is 6.42 Å². The van der Waals surface area contributed by atoms with Crippen molar-refractivity contribution in [2.45, 2.75) is 25.8 Å². The SMILES string of the molecule is C#CCSCCNC(=O)N[C@H](CCC)C(=O)O. The lowest BCUT2D eigenvalue weighted by molar-refractivity contribution is -0.139. The zero-order valence-electron chi connectivity index (χ0n) is 9.86. The first-order valence-corrected chi connectivity index (χ1v) is 6.55. The summed E-state index contributed by atoms with van der Waals surface area (Å²) in [6, 6.07) is -1.27. The zero-order valence-corrected chi connectivity index (χ0v) is 10.7. The molecule has 3 N–H and O–H groups in total. The number of aliphatic carboxylic acids is 1. The van der Waals surface area contributed by atoms with Gasteiger partial charge in [0, 0.05) is 12.3 Å². The van der Waals surface area contributed by atoms with Gasteiger partial charge in [0.15, 0.2) is 0 Å². The monoisotopic (exact) mass is 258 g/mol. The molecule has 0 aromatic rings. The van der Waals surface area contributed by atoms with Crippen molar-refractivity contribution < 1.29 is 14.7 Å². The fraction of sp³-hybridized carbons (Fsp3) is 0.636. The van der Waals surface area contributed by atoms with Gasteiger partial charge in [0.25, 0.3) is 0 Å². The van der Waals surface area contributed by atoms with Crippen LogP contribution in [0.5, 0.6) is 0 Å². The highest BCUT2D eigenvalue weighted by molar-refractivity contribution is 7.99. The van der Waals surface area contributed by atoms with E-state index in [4.69, 9.17) is 11.5 Å². The van der Waals surface area contributed by atoms with Crippen LogP contribution in [0.25, 0.3) is 0 Å². The lowest BCUT2D eigenvalue weighted by Crippen LogP contribution is -2.46. The first kappa shape index (κ1) is 15.7. The summed E-state index contributed by atoms with van der Waals surface area (Å²) in [6.45, 7) is 2.34. The van der Waals surface area contributed by atoms with Crippen molar-refractivity contribution in [1.82, 2.24) is 10.6 Å². The Bertz CT molecular complexity index is 289. The first-order valence-electron chi connectivity index (χ1n) is 5.40. The maximum atomic E-state index is 11.3. The molecule has 96 valence electrons. The summed E-state index contributed by atoms with van der Waals surface area (Å²) < 4.78 is 0. The summed E-state index contributed by atoms with van der Waals surface area (Å²) in [4.78, 5) is 22.1. The van der Waals surface area contributed by atoms with Gasteiger partial charge >= 0.3 is 12.0 Å². The van der Waals surface area contributed by atoms with Crippen molar-refractivity contribution in [3.8, 4) is 12.3 Å². The van der Waals surface area contributed by atoms with Crippen LogP contribution in [0.15, 0.2) is 0 Å². The van der Waals surface area contributed by atoms with Gasteiger partial charge in [0.2, 0.25) is 0 Å². The van der Waals surface area contributed by atoms with Crippen molar-refractivity contribution in [3.05, 3.63) is 0 Å². The van der Waals surface area contributed by atoms with E-state index in [2.05, 4.69) is 16.6 Å². The third-order valence-corrected chi connectivity index (χ3v) is 2.76. The Balaban J connectivity index is 3.75. The fourth-order valence-corrected chi connectivity index (χ4v) is 1.63. The lowest BCUT2D eigenvalue weighted by atomic mass is 10.2. The summed E-state index contributed by atoms with van der Waals surface area (Å²) in [5, 5.41) is 13.8. The molecule has 0 aromatic heterocycles. The predicted octanol–water partition coefficient (Wildman–Crippen LogP) is 0.905. The van der Waals surface area contributed by atoms with Crippen LogP contribution in [0.4, 0.5) is 4.79 Å². The molecule has 6 heteroatoms. The largest absolute Gasteiger partial charge is 0.480 e. The number of carbonyl (C=O) groups is 2. The topological polar surface area (TPSA) is 78.4 Å². The second-order valence-electron chi connectivity index (χ2n) is 3.34.